The van der Waals surface area contributed by atoms with Crippen molar-refractivity contribution in [3.05, 3.63) is 59.4 Å². The Morgan fingerprint density at radius 3 is 2.50 bits per heavy atom. The minimum absolute atomic E-state index is 0.149. The molecule has 0 unspecified atom stereocenters. The molecule has 0 saturated carbocycles. The average Bonchev–Trinajstić information content (AvgIpc) is 2.92. The summed E-state index contributed by atoms with van der Waals surface area (Å²) in [6.45, 7) is 10.1. The van der Waals surface area contributed by atoms with Crippen molar-refractivity contribution in [2.75, 3.05) is 11.4 Å². The molecule has 0 N–H and O–H groups in total. The molecule has 160 valence electrons. The van der Waals surface area contributed by atoms with Crippen molar-refractivity contribution in [2.24, 2.45) is 7.05 Å². The van der Waals surface area contributed by atoms with Crippen molar-refractivity contribution in [1.29, 1.82) is 0 Å². The predicted octanol–water partition coefficient (Wildman–Crippen LogP) is 6.08. The lowest BCUT2D eigenvalue weighted by Crippen LogP contribution is -2.60. The molecule has 2 aromatic rings. The number of anilines is 1. The van der Waals surface area contributed by atoms with Crippen molar-refractivity contribution >= 4 is 11.8 Å². The van der Waals surface area contributed by atoms with E-state index in [9.17, 15) is 0 Å². The zero-order valence-electron chi connectivity index (χ0n) is 19.4. The molecule has 0 amide bonds. The summed E-state index contributed by atoms with van der Waals surface area (Å²) in [4.78, 5) is 2.53. The maximum absolute atomic E-state index is 6.94. The van der Waals surface area contributed by atoms with Crippen molar-refractivity contribution < 1.29 is 9.30 Å². The van der Waals surface area contributed by atoms with Gasteiger partial charge in [0.15, 0.2) is 11.4 Å². The fourth-order valence-electron chi connectivity index (χ4n) is 5.19. The summed E-state index contributed by atoms with van der Waals surface area (Å²) in [5.41, 5.74) is 4.43. The van der Waals surface area contributed by atoms with Crippen LogP contribution in [-0.2, 0) is 12.5 Å². The van der Waals surface area contributed by atoms with Crippen LogP contribution in [0.15, 0.2) is 42.5 Å². The molecule has 0 radical (unpaired) electrons. The van der Waals surface area contributed by atoms with Gasteiger partial charge in [0.1, 0.15) is 7.05 Å². The lowest BCUT2D eigenvalue weighted by atomic mass is 9.76. The second kappa shape index (κ2) is 8.09. The topological polar surface area (TPSA) is 16.4 Å². The molecule has 0 bridgehead atoms. The monoisotopic (exact) mass is 405 g/mol. The molecule has 1 spiro atoms. The van der Waals surface area contributed by atoms with Crippen molar-refractivity contribution in [1.82, 2.24) is 0 Å². The standard InChI is InChI=1S/C27H37N2O/c1-6-7-8-9-10-13-20-29-23-15-12-11-14-22(23)26(3,4)27(29)19-18-24-25(30-27)17-16-21(2)28(24)5/h11-12,14-19H,6-10,13,20H2,1-5H3/q+1/t27-/m1/s1. The van der Waals surface area contributed by atoms with Gasteiger partial charge in [-0.25, -0.2) is 0 Å². The van der Waals surface area contributed by atoms with Gasteiger partial charge >= 0.3 is 0 Å². The van der Waals surface area contributed by atoms with Crippen molar-refractivity contribution in [3.8, 4) is 5.75 Å². The molecule has 0 fully saturated rings. The molecule has 3 nitrogen and oxygen atoms in total. The first-order valence-corrected chi connectivity index (χ1v) is 11.7. The first kappa shape index (κ1) is 21.0. The average molecular weight is 406 g/mol. The number of aromatic nitrogens is 1. The number of ether oxygens (including phenoxy) is 1. The molecule has 3 heterocycles. The van der Waals surface area contributed by atoms with E-state index in [4.69, 9.17) is 4.74 Å². The Bertz CT molecular complexity index is 946. The van der Waals surface area contributed by atoms with Gasteiger partial charge in [0.2, 0.25) is 11.4 Å². The minimum Gasteiger partial charge on any atom is -0.456 e. The van der Waals surface area contributed by atoms with Gasteiger partial charge in [-0.1, -0.05) is 57.2 Å². The van der Waals surface area contributed by atoms with E-state index in [1.54, 1.807) is 0 Å². The summed E-state index contributed by atoms with van der Waals surface area (Å²) < 4.78 is 9.15. The van der Waals surface area contributed by atoms with Gasteiger partial charge in [0, 0.05) is 31.3 Å². The van der Waals surface area contributed by atoms with E-state index in [1.807, 2.05) is 0 Å². The van der Waals surface area contributed by atoms with Crippen LogP contribution in [0.3, 0.4) is 0 Å². The number of aryl methyl sites for hydroxylation is 1. The number of pyridine rings is 1. The third-order valence-corrected chi connectivity index (χ3v) is 7.25. The van der Waals surface area contributed by atoms with E-state index in [0.29, 0.717) is 0 Å². The van der Waals surface area contributed by atoms with Crippen LogP contribution in [-0.4, -0.2) is 12.3 Å². The summed E-state index contributed by atoms with van der Waals surface area (Å²) in [6, 6.07) is 13.2. The van der Waals surface area contributed by atoms with E-state index in [0.717, 1.165) is 18.0 Å². The molecule has 4 rings (SSSR count). The van der Waals surface area contributed by atoms with Crippen LogP contribution >= 0.6 is 0 Å². The minimum atomic E-state index is -0.491. The Morgan fingerprint density at radius 2 is 1.70 bits per heavy atom. The first-order chi connectivity index (χ1) is 14.4. The number of nitrogens with zero attached hydrogens (tertiary/aromatic N) is 2. The molecule has 2 aliphatic rings. The third kappa shape index (κ3) is 3.23. The van der Waals surface area contributed by atoms with E-state index < -0.39 is 5.72 Å². The largest absolute Gasteiger partial charge is 0.456 e. The van der Waals surface area contributed by atoms with E-state index in [2.05, 4.69) is 92.8 Å². The number of rotatable bonds is 7. The summed E-state index contributed by atoms with van der Waals surface area (Å²) in [6.07, 6.45) is 12.4. The molecule has 1 aromatic carbocycles. The quantitative estimate of drug-likeness (QED) is 0.410. The van der Waals surface area contributed by atoms with E-state index >= 15 is 0 Å². The van der Waals surface area contributed by atoms with Gasteiger partial charge in [0.25, 0.3) is 0 Å². The third-order valence-electron chi connectivity index (χ3n) is 7.25. The summed E-state index contributed by atoms with van der Waals surface area (Å²) >= 11 is 0. The van der Waals surface area contributed by atoms with Gasteiger partial charge < -0.3 is 9.64 Å². The molecule has 3 heteroatoms. The lowest BCUT2D eigenvalue weighted by Gasteiger charge is -2.46. The number of para-hydroxylation sites is 1. The maximum Gasteiger partial charge on any atom is 0.247 e. The van der Waals surface area contributed by atoms with Crippen LogP contribution in [0.5, 0.6) is 5.75 Å². The second-order valence-corrected chi connectivity index (χ2v) is 9.48. The normalized spacial score (nSPS) is 20.9. The van der Waals surface area contributed by atoms with E-state index in [-0.39, 0.29) is 5.41 Å². The summed E-state index contributed by atoms with van der Waals surface area (Å²) in [5.74, 6) is 0.972. The SMILES string of the molecule is CCCCCCCCN1c2ccccc2C(C)(C)[C@]12C=Cc1c(ccc(C)[n+]1C)O2. The fourth-order valence-corrected chi connectivity index (χ4v) is 5.19. The Kier molecular flexibility index (Phi) is 5.65. The van der Waals surface area contributed by atoms with Gasteiger partial charge in [0.05, 0.1) is 5.41 Å². The van der Waals surface area contributed by atoms with Crippen LogP contribution in [0, 0.1) is 6.92 Å². The van der Waals surface area contributed by atoms with Crippen LogP contribution in [0.4, 0.5) is 5.69 Å². The van der Waals surface area contributed by atoms with Crippen LogP contribution in [0.25, 0.3) is 6.08 Å². The predicted molar refractivity (Wildman–Crippen MR) is 125 cm³/mol. The molecular formula is C27H37N2O+. The second-order valence-electron chi connectivity index (χ2n) is 9.48. The highest BCUT2D eigenvalue weighted by Crippen LogP contribution is 2.54. The van der Waals surface area contributed by atoms with Gasteiger partial charge in [-0.05, 0) is 44.0 Å². The molecule has 30 heavy (non-hydrogen) atoms. The van der Waals surface area contributed by atoms with E-state index in [1.165, 1.54) is 55.5 Å². The fraction of sp³-hybridized carbons (Fsp3) is 0.519. The zero-order chi connectivity index (χ0) is 21.4. The molecule has 2 aliphatic heterocycles. The Labute approximate surface area is 182 Å². The van der Waals surface area contributed by atoms with Crippen LogP contribution in [0.2, 0.25) is 0 Å². The smallest absolute Gasteiger partial charge is 0.247 e. The highest BCUT2D eigenvalue weighted by atomic mass is 16.5. The van der Waals surface area contributed by atoms with Gasteiger partial charge in [-0.15, -0.1) is 0 Å². The van der Waals surface area contributed by atoms with Crippen molar-refractivity contribution in [3.63, 3.8) is 0 Å². The molecule has 0 aliphatic carbocycles. The lowest BCUT2D eigenvalue weighted by molar-refractivity contribution is -0.680. The Hall–Kier alpha value is -2.29. The summed E-state index contributed by atoms with van der Waals surface area (Å²) in [7, 11) is 2.11. The Balaban J connectivity index is 1.67. The molecule has 1 aromatic heterocycles. The molecule has 0 saturated heterocycles. The number of hydrogen-bond acceptors (Lipinski definition) is 2. The Morgan fingerprint density at radius 1 is 0.967 bits per heavy atom. The van der Waals surface area contributed by atoms with Gasteiger partial charge in [-0.3, -0.25) is 0 Å². The maximum atomic E-state index is 6.94. The molecular weight excluding hydrogens is 368 g/mol. The highest BCUT2D eigenvalue weighted by molar-refractivity contribution is 5.71. The van der Waals surface area contributed by atoms with Crippen molar-refractivity contribution in [2.45, 2.75) is 77.4 Å². The number of hydrogen-bond donors (Lipinski definition) is 0. The first-order valence-electron chi connectivity index (χ1n) is 11.7. The molecule has 1 atom stereocenters. The van der Waals surface area contributed by atoms with Gasteiger partial charge in [-0.2, -0.15) is 4.57 Å². The number of benzene rings is 1. The zero-order valence-corrected chi connectivity index (χ0v) is 19.4. The summed E-state index contributed by atoms with van der Waals surface area (Å²) in [5, 5.41) is 0. The highest BCUT2D eigenvalue weighted by Gasteiger charge is 2.59. The number of fused-ring (bicyclic) bond motifs is 2. The number of unbranched alkanes of at least 4 members (excludes halogenated alkanes) is 5. The van der Waals surface area contributed by atoms with Crippen LogP contribution in [0.1, 0.15) is 76.2 Å². The van der Waals surface area contributed by atoms with Crippen LogP contribution < -0.4 is 14.2 Å².